The number of benzene rings is 2. The number of thiol groups is 1. The van der Waals surface area contributed by atoms with Gasteiger partial charge in [-0.2, -0.15) is 12.6 Å². The van der Waals surface area contributed by atoms with Crippen LogP contribution in [-0.4, -0.2) is 46.9 Å². The Morgan fingerprint density at radius 3 is 2.60 bits per heavy atom. The number of nitrogens with one attached hydrogen (secondary N) is 3. The normalized spacial score (nSPS) is 20.5. The zero-order valence-electron chi connectivity index (χ0n) is 20.3. The molecule has 5 N–H and O–H groups in total. The highest BCUT2D eigenvalue weighted by atomic mass is 79.9. The molecule has 0 bridgehead atoms. The minimum Gasteiger partial charge on any atom is -0.368 e. The molecule has 1 fully saturated rings. The van der Waals surface area contributed by atoms with Gasteiger partial charge < -0.3 is 16.4 Å². The Morgan fingerprint density at radius 1 is 1.17 bits per heavy atom. The largest absolute Gasteiger partial charge is 0.368 e. The van der Waals surface area contributed by atoms with E-state index in [0.29, 0.717) is 12.2 Å². The molecule has 6 nitrogen and oxygen atoms in total. The van der Waals surface area contributed by atoms with Gasteiger partial charge in [0, 0.05) is 18.8 Å². The van der Waals surface area contributed by atoms with E-state index in [9.17, 15) is 9.18 Å². The maximum absolute atomic E-state index is 14.4. The molecule has 1 amide bonds. The first kappa shape index (κ1) is 27.8. The number of carbonyl (C=O) groups excluding carboxylic acids is 1. The van der Waals surface area contributed by atoms with E-state index in [1.807, 2.05) is 0 Å². The molecular weight excluding hydrogens is 529 g/mol. The van der Waals surface area contributed by atoms with Crippen molar-refractivity contribution >= 4 is 45.8 Å². The molecule has 1 heterocycles. The lowest BCUT2D eigenvalue weighted by molar-refractivity contribution is 0.0992. The summed E-state index contributed by atoms with van der Waals surface area (Å²) in [5, 5.41) is 10.6. The van der Waals surface area contributed by atoms with Gasteiger partial charge in [0.2, 0.25) is 0 Å². The molecule has 1 saturated heterocycles. The molecule has 0 spiro atoms. The number of hydrogen-bond donors (Lipinski definition) is 5. The Hall–Kier alpha value is -1.81. The smallest absolute Gasteiger partial charge is 0.253 e. The van der Waals surface area contributed by atoms with E-state index in [4.69, 9.17) is 5.73 Å². The van der Waals surface area contributed by atoms with Crippen molar-refractivity contribution in [2.24, 2.45) is 5.73 Å². The molecule has 0 aromatic heterocycles. The van der Waals surface area contributed by atoms with Gasteiger partial charge in [-0.1, -0.05) is 66.7 Å². The summed E-state index contributed by atoms with van der Waals surface area (Å²) in [6.07, 6.45) is 6.40. The summed E-state index contributed by atoms with van der Waals surface area (Å²) in [4.78, 5) is 14.3. The molecular formula is C26H37BrFN5OS. The highest BCUT2D eigenvalue weighted by molar-refractivity contribution is 9.09. The number of halogens is 2. The fraction of sp³-hybridized carbons (Fsp3) is 0.500. The average Bonchev–Trinajstić information content (AvgIpc) is 2.83. The predicted octanol–water partition coefficient (Wildman–Crippen LogP) is 5.17. The van der Waals surface area contributed by atoms with E-state index in [1.54, 1.807) is 12.1 Å². The standard InChI is InChI=1S/C26H37BrFN5OS/c1-2-3-4-5-6-15-33-25(32-22-9-7-8-21(28)23(22)24(29)34)20(27)17-30-26(33)31-19-12-10-18(11-13-19)14-16-35/h7-13,20,25-26,30-32,35H,2-6,14-17H2,1H3,(H2,29,34). The number of aryl methyl sites for hydroxylation is 1. The van der Waals surface area contributed by atoms with Crippen LogP contribution in [0.5, 0.6) is 0 Å². The number of hydrogen-bond acceptors (Lipinski definition) is 6. The average molecular weight is 567 g/mol. The lowest BCUT2D eigenvalue weighted by atomic mass is 10.1. The topological polar surface area (TPSA) is 82.4 Å². The van der Waals surface area contributed by atoms with Crippen molar-refractivity contribution in [1.82, 2.24) is 10.2 Å². The zero-order chi connectivity index (χ0) is 25.2. The van der Waals surface area contributed by atoms with Crippen molar-refractivity contribution in [3.05, 3.63) is 59.4 Å². The molecule has 2 aromatic rings. The number of rotatable bonds is 13. The fourth-order valence-corrected chi connectivity index (χ4v) is 5.28. The number of primary amides is 1. The number of anilines is 2. The fourth-order valence-electron chi connectivity index (χ4n) is 4.40. The van der Waals surface area contributed by atoms with Crippen molar-refractivity contribution in [3.8, 4) is 0 Å². The quantitative estimate of drug-likeness (QED) is 0.131. The Balaban J connectivity index is 1.82. The van der Waals surface area contributed by atoms with Crippen LogP contribution in [-0.2, 0) is 6.42 Å². The Labute approximate surface area is 222 Å². The lowest BCUT2D eigenvalue weighted by Crippen LogP contribution is -2.66. The van der Waals surface area contributed by atoms with Crippen molar-refractivity contribution in [2.45, 2.75) is 62.7 Å². The second kappa shape index (κ2) is 14.1. The number of amides is 1. The van der Waals surface area contributed by atoms with Crippen LogP contribution < -0.4 is 21.7 Å². The second-order valence-electron chi connectivity index (χ2n) is 8.91. The van der Waals surface area contributed by atoms with Crippen molar-refractivity contribution in [1.29, 1.82) is 0 Å². The molecule has 3 rings (SSSR count). The summed E-state index contributed by atoms with van der Waals surface area (Å²) >= 11 is 8.11. The highest BCUT2D eigenvalue weighted by Crippen LogP contribution is 2.27. The summed E-state index contributed by atoms with van der Waals surface area (Å²) in [6, 6.07) is 12.9. The first-order valence-corrected chi connectivity index (χ1v) is 13.9. The van der Waals surface area contributed by atoms with Gasteiger partial charge in [0.15, 0.2) is 0 Å². The van der Waals surface area contributed by atoms with Crippen LogP contribution in [0.2, 0.25) is 0 Å². The van der Waals surface area contributed by atoms with E-state index in [1.165, 1.54) is 30.9 Å². The van der Waals surface area contributed by atoms with Crippen molar-refractivity contribution in [3.63, 3.8) is 0 Å². The Kier molecular flexibility index (Phi) is 11.2. The van der Waals surface area contributed by atoms with Crippen LogP contribution in [0, 0.1) is 5.82 Å². The number of nitrogens with zero attached hydrogens (tertiary/aromatic N) is 1. The minimum atomic E-state index is -0.784. The third kappa shape index (κ3) is 7.84. The molecule has 0 radical (unpaired) electrons. The van der Waals surface area contributed by atoms with Crippen LogP contribution >= 0.6 is 28.6 Å². The molecule has 35 heavy (non-hydrogen) atoms. The summed E-state index contributed by atoms with van der Waals surface area (Å²) in [6.45, 7) is 3.72. The van der Waals surface area contributed by atoms with Crippen LogP contribution in [0.3, 0.4) is 0 Å². The molecule has 1 aliphatic heterocycles. The van der Waals surface area contributed by atoms with Gasteiger partial charge in [0.1, 0.15) is 12.1 Å². The summed E-state index contributed by atoms with van der Waals surface area (Å²) < 4.78 is 14.4. The molecule has 3 unspecified atom stereocenters. The Morgan fingerprint density at radius 2 is 1.91 bits per heavy atom. The molecule has 9 heteroatoms. The molecule has 192 valence electrons. The SMILES string of the molecule is CCCCCCCN1C(Nc2ccc(CCS)cc2)NCC(Br)C1Nc1cccc(F)c1C(N)=O. The second-order valence-corrected chi connectivity index (χ2v) is 10.5. The molecule has 1 aliphatic rings. The van der Waals surface area contributed by atoms with Gasteiger partial charge in [0.05, 0.1) is 22.2 Å². The van der Waals surface area contributed by atoms with Crippen LogP contribution in [0.1, 0.15) is 54.9 Å². The number of unbranched alkanes of at least 4 members (excludes halogenated alkanes) is 4. The first-order chi connectivity index (χ1) is 16.9. The maximum atomic E-state index is 14.4. The number of alkyl halides is 1. The molecule has 0 saturated carbocycles. The van der Waals surface area contributed by atoms with Gasteiger partial charge >= 0.3 is 0 Å². The monoisotopic (exact) mass is 565 g/mol. The minimum absolute atomic E-state index is 0.0259. The summed E-state index contributed by atoms with van der Waals surface area (Å²) in [7, 11) is 0. The van der Waals surface area contributed by atoms with Crippen LogP contribution in [0.15, 0.2) is 42.5 Å². The van der Waals surface area contributed by atoms with E-state index in [-0.39, 0.29) is 22.8 Å². The van der Waals surface area contributed by atoms with Gasteiger partial charge in [0.25, 0.3) is 5.91 Å². The third-order valence-corrected chi connectivity index (χ3v) is 7.33. The third-order valence-electron chi connectivity index (χ3n) is 6.28. The predicted molar refractivity (Wildman–Crippen MR) is 150 cm³/mol. The van der Waals surface area contributed by atoms with E-state index in [2.05, 4.69) is 80.6 Å². The van der Waals surface area contributed by atoms with Gasteiger partial charge in [-0.3, -0.25) is 10.1 Å². The van der Waals surface area contributed by atoms with Gasteiger partial charge in [-0.05, 0) is 48.4 Å². The molecule has 3 atom stereocenters. The molecule has 2 aromatic carbocycles. The summed E-state index contributed by atoms with van der Waals surface area (Å²) in [5.41, 5.74) is 8.06. The van der Waals surface area contributed by atoms with E-state index < -0.39 is 11.7 Å². The summed E-state index contributed by atoms with van der Waals surface area (Å²) in [5.74, 6) is -0.590. The number of nitrogens with two attached hydrogens (primary N) is 1. The maximum Gasteiger partial charge on any atom is 0.253 e. The molecule has 0 aliphatic carbocycles. The van der Waals surface area contributed by atoms with Gasteiger partial charge in [-0.25, -0.2) is 9.29 Å². The lowest BCUT2D eigenvalue weighted by Gasteiger charge is -2.46. The number of carbonyl (C=O) groups is 1. The van der Waals surface area contributed by atoms with Crippen LogP contribution in [0.25, 0.3) is 0 Å². The van der Waals surface area contributed by atoms with Crippen molar-refractivity contribution < 1.29 is 9.18 Å². The van der Waals surface area contributed by atoms with E-state index in [0.717, 1.165) is 37.2 Å². The van der Waals surface area contributed by atoms with Crippen LogP contribution in [0.4, 0.5) is 15.8 Å². The highest BCUT2D eigenvalue weighted by Gasteiger charge is 2.36. The van der Waals surface area contributed by atoms with E-state index >= 15 is 0 Å². The zero-order valence-corrected chi connectivity index (χ0v) is 22.8. The Bertz CT molecular complexity index is 948. The first-order valence-electron chi connectivity index (χ1n) is 12.4. The van der Waals surface area contributed by atoms with Crippen molar-refractivity contribution in [2.75, 3.05) is 29.5 Å². The van der Waals surface area contributed by atoms with Gasteiger partial charge in [-0.15, -0.1) is 0 Å².